The van der Waals surface area contributed by atoms with Crippen molar-refractivity contribution in [2.45, 2.75) is 174 Å². The highest BCUT2D eigenvalue weighted by Crippen LogP contribution is 2.41. The molecule has 0 saturated carbocycles. The molecule has 0 radical (unpaired) electrons. The summed E-state index contributed by atoms with van der Waals surface area (Å²) < 4.78 is 4.62. The number of nitrogens with zero attached hydrogens (tertiary/aromatic N) is 2. The van der Waals surface area contributed by atoms with E-state index in [1.54, 1.807) is 0 Å². The number of pyridine rings is 2. The molecule has 7 aromatic rings. The Bertz CT molecular complexity index is 2310. The lowest BCUT2D eigenvalue weighted by Crippen LogP contribution is -2.33. The van der Waals surface area contributed by atoms with Crippen molar-refractivity contribution >= 4 is 48.9 Å². The van der Waals surface area contributed by atoms with Crippen molar-refractivity contribution < 1.29 is 13.9 Å². The fourth-order valence-corrected chi connectivity index (χ4v) is 9.93. The fourth-order valence-electron chi connectivity index (χ4n) is 9.93. The molecular formula is C58H74N2O+2. The number of unbranched alkanes of at least 4 members (excludes halogenated alkanes) is 21. The van der Waals surface area contributed by atoms with Gasteiger partial charge in [0.1, 0.15) is 13.1 Å². The number of carbonyl (C=O) groups is 1. The maximum absolute atomic E-state index is 13.6. The van der Waals surface area contributed by atoms with Crippen LogP contribution in [0.4, 0.5) is 0 Å². The Morgan fingerprint density at radius 2 is 0.754 bits per heavy atom. The number of fused-ring (bicyclic) bond motifs is 2. The van der Waals surface area contributed by atoms with E-state index in [-0.39, 0.29) is 5.78 Å². The monoisotopic (exact) mass is 815 g/mol. The van der Waals surface area contributed by atoms with Crippen molar-refractivity contribution in [2.75, 3.05) is 0 Å². The average Bonchev–Trinajstić information content (AvgIpc) is 3.30. The van der Waals surface area contributed by atoms with Crippen LogP contribution in [0.3, 0.4) is 0 Å². The van der Waals surface area contributed by atoms with E-state index in [2.05, 4.69) is 132 Å². The zero-order valence-electron chi connectivity index (χ0n) is 37.7. The number of hydrogen-bond donors (Lipinski definition) is 0. The molecule has 7 rings (SSSR count). The van der Waals surface area contributed by atoms with Crippen LogP contribution in [0.5, 0.6) is 0 Å². The summed E-state index contributed by atoms with van der Waals surface area (Å²) in [5.41, 5.74) is 3.39. The molecule has 0 aliphatic carbocycles. The molecule has 0 amide bonds. The van der Waals surface area contributed by atoms with E-state index >= 15 is 0 Å². The van der Waals surface area contributed by atoms with E-state index in [1.165, 1.54) is 177 Å². The first kappa shape index (κ1) is 44.4. The normalized spacial score (nSPS) is 11.8. The maximum atomic E-state index is 13.6. The van der Waals surface area contributed by atoms with Gasteiger partial charge < -0.3 is 0 Å². The third-order valence-corrected chi connectivity index (χ3v) is 13.5. The van der Waals surface area contributed by atoms with Crippen molar-refractivity contribution in [3.05, 3.63) is 121 Å². The van der Waals surface area contributed by atoms with Gasteiger partial charge in [0, 0.05) is 49.1 Å². The van der Waals surface area contributed by atoms with Crippen LogP contribution in [0.1, 0.15) is 171 Å². The SMILES string of the molecule is CCCCCCCCCCCCCCCCCCCCCC[n+]1ccc(-c2cc[n+](CCCCCC(=O)c3ccc4c5cccc6cccc(c7cccc3c74)c65)cc2)cc1. The summed E-state index contributed by atoms with van der Waals surface area (Å²) in [6.07, 6.45) is 41.0. The number of aromatic nitrogens is 2. The van der Waals surface area contributed by atoms with Crippen LogP contribution in [0.25, 0.3) is 54.2 Å². The molecule has 0 bridgehead atoms. The molecule has 0 spiro atoms. The number of hydrogen-bond acceptors (Lipinski definition) is 1. The summed E-state index contributed by atoms with van der Waals surface area (Å²) in [4.78, 5) is 13.6. The van der Waals surface area contributed by atoms with Crippen molar-refractivity contribution in [3.63, 3.8) is 0 Å². The van der Waals surface area contributed by atoms with Gasteiger partial charge in [-0.2, -0.15) is 0 Å². The second kappa shape index (κ2) is 24.1. The molecule has 0 saturated heterocycles. The Balaban J connectivity index is 0.733. The van der Waals surface area contributed by atoms with E-state index in [9.17, 15) is 4.79 Å². The van der Waals surface area contributed by atoms with Gasteiger partial charge in [0.25, 0.3) is 0 Å². The van der Waals surface area contributed by atoms with Crippen LogP contribution in [0.2, 0.25) is 0 Å². The van der Waals surface area contributed by atoms with Gasteiger partial charge in [0.15, 0.2) is 30.6 Å². The van der Waals surface area contributed by atoms with E-state index in [0.717, 1.165) is 43.3 Å². The van der Waals surface area contributed by atoms with Gasteiger partial charge in [0.05, 0.1) is 0 Å². The van der Waals surface area contributed by atoms with Gasteiger partial charge in [-0.1, -0.05) is 189 Å². The lowest BCUT2D eigenvalue weighted by molar-refractivity contribution is -0.697. The predicted molar refractivity (Wildman–Crippen MR) is 261 cm³/mol. The van der Waals surface area contributed by atoms with Crippen molar-refractivity contribution in [1.29, 1.82) is 0 Å². The van der Waals surface area contributed by atoms with Crippen LogP contribution < -0.4 is 9.13 Å². The number of Topliss-reactive ketones (excluding diaryl/α,β-unsaturated/α-hetero) is 1. The van der Waals surface area contributed by atoms with Gasteiger partial charge in [0.2, 0.25) is 0 Å². The molecule has 0 aliphatic heterocycles. The number of carbonyl (C=O) groups excluding carboxylic acids is 1. The van der Waals surface area contributed by atoms with E-state index in [0.29, 0.717) is 6.42 Å². The zero-order valence-corrected chi connectivity index (χ0v) is 37.7. The summed E-state index contributed by atoms with van der Waals surface area (Å²) in [5.74, 6) is 0.252. The molecule has 0 fully saturated rings. The average molecular weight is 815 g/mol. The summed E-state index contributed by atoms with van der Waals surface area (Å²) in [6, 6.07) is 32.9. The van der Waals surface area contributed by atoms with Gasteiger partial charge in [-0.15, -0.1) is 0 Å². The highest BCUT2D eigenvalue weighted by molar-refractivity contribution is 6.34. The lowest BCUT2D eigenvalue weighted by atomic mass is 9.87. The maximum Gasteiger partial charge on any atom is 0.169 e. The first-order valence-electron chi connectivity index (χ1n) is 24.8. The molecule has 0 N–H and O–H groups in total. The molecule has 320 valence electrons. The topological polar surface area (TPSA) is 24.8 Å². The highest BCUT2D eigenvalue weighted by atomic mass is 16.1. The smallest absolute Gasteiger partial charge is 0.169 e. The van der Waals surface area contributed by atoms with Crippen molar-refractivity contribution in [3.8, 4) is 11.1 Å². The molecular weight excluding hydrogens is 741 g/mol. The third kappa shape index (κ3) is 12.5. The van der Waals surface area contributed by atoms with Crippen LogP contribution in [0, 0.1) is 0 Å². The minimum absolute atomic E-state index is 0.252. The van der Waals surface area contributed by atoms with Crippen LogP contribution in [-0.2, 0) is 13.1 Å². The summed E-state index contributed by atoms with van der Waals surface area (Å²) in [6.45, 7) is 4.38. The predicted octanol–water partition coefficient (Wildman–Crippen LogP) is 16.2. The Kier molecular flexibility index (Phi) is 17.6. The van der Waals surface area contributed by atoms with Crippen molar-refractivity contribution in [1.82, 2.24) is 0 Å². The van der Waals surface area contributed by atoms with Crippen molar-refractivity contribution in [2.24, 2.45) is 0 Å². The molecule has 0 aliphatic rings. The van der Waals surface area contributed by atoms with E-state index in [4.69, 9.17) is 0 Å². The Labute approximate surface area is 367 Å². The molecule has 5 aromatic carbocycles. The second-order valence-corrected chi connectivity index (χ2v) is 18.2. The summed E-state index contributed by atoms with van der Waals surface area (Å²) >= 11 is 0. The molecule has 0 unspecified atom stereocenters. The molecule has 61 heavy (non-hydrogen) atoms. The minimum atomic E-state index is 0.252. The van der Waals surface area contributed by atoms with Gasteiger partial charge in [-0.25, -0.2) is 9.13 Å². The Hall–Kier alpha value is -4.63. The molecule has 2 heterocycles. The third-order valence-electron chi connectivity index (χ3n) is 13.5. The Morgan fingerprint density at radius 3 is 1.23 bits per heavy atom. The lowest BCUT2D eigenvalue weighted by Gasteiger charge is -2.16. The molecule has 0 atom stereocenters. The van der Waals surface area contributed by atoms with Crippen LogP contribution in [-0.4, -0.2) is 5.78 Å². The zero-order chi connectivity index (χ0) is 41.9. The largest absolute Gasteiger partial charge is 0.294 e. The Morgan fingerprint density at radius 1 is 0.377 bits per heavy atom. The number of ketones is 1. The number of rotatable bonds is 29. The minimum Gasteiger partial charge on any atom is -0.294 e. The standard InChI is InChI=1S/C58H74N2O/c1-2-3-4-5-6-7-8-9-10-11-12-13-14-15-16-17-18-19-20-23-41-59-43-37-47(38-44-59)48-39-45-60(46-40-48)42-24-21-22-34-56(61)50-35-36-55-53-31-26-29-49-28-25-30-52(57(49)53)54-33-27-32-51(50)58(54)55/h25-33,35-40,43-46H,2-24,34,41-42H2,1H3/q+2. The second-order valence-electron chi connectivity index (χ2n) is 18.2. The number of aryl methyl sites for hydroxylation is 2. The molecule has 3 nitrogen and oxygen atoms in total. The highest BCUT2D eigenvalue weighted by Gasteiger charge is 2.17. The molecule has 3 heteroatoms. The van der Waals surface area contributed by atoms with Gasteiger partial charge in [-0.05, 0) is 73.5 Å². The van der Waals surface area contributed by atoms with Crippen LogP contribution >= 0.6 is 0 Å². The van der Waals surface area contributed by atoms with E-state index < -0.39 is 0 Å². The fraction of sp³-hybridized carbons (Fsp3) is 0.466. The summed E-state index contributed by atoms with van der Waals surface area (Å²) in [5, 5.41) is 9.90. The van der Waals surface area contributed by atoms with E-state index in [1.807, 2.05) is 0 Å². The quantitative estimate of drug-likeness (QED) is 0.0152. The van der Waals surface area contributed by atoms with Gasteiger partial charge >= 0.3 is 0 Å². The molecule has 2 aromatic heterocycles. The number of benzene rings is 5. The van der Waals surface area contributed by atoms with Crippen LogP contribution in [0.15, 0.2) is 116 Å². The first-order chi connectivity index (χ1) is 30.2. The first-order valence-corrected chi connectivity index (χ1v) is 24.8. The summed E-state index contributed by atoms with van der Waals surface area (Å²) in [7, 11) is 0. The van der Waals surface area contributed by atoms with Gasteiger partial charge in [-0.3, -0.25) is 4.79 Å².